The molecule has 0 saturated carbocycles. The van der Waals surface area contributed by atoms with Crippen LogP contribution in [-0.4, -0.2) is 19.4 Å². The monoisotopic (exact) mass is 215 g/mol. The Labute approximate surface area is 96.6 Å². The summed E-state index contributed by atoms with van der Waals surface area (Å²) in [4.78, 5) is 12.8. The van der Waals surface area contributed by atoms with Gasteiger partial charge in [0, 0.05) is 18.8 Å². The average Bonchev–Trinajstić information content (AvgIpc) is 2.38. The minimum absolute atomic E-state index is 0.826. The van der Waals surface area contributed by atoms with E-state index in [0.29, 0.717) is 0 Å². The van der Waals surface area contributed by atoms with Crippen LogP contribution in [0, 0.1) is 0 Å². The van der Waals surface area contributed by atoms with E-state index in [9.17, 15) is 4.79 Å². The Morgan fingerprint density at radius 1 is 1.06 bits per heavy atom. The van der Waals surface area contributed by atoms with E-state index in [4.69, 9.17) is 0 Å². The van der Waals surface area contributed by atoms with E-state index in [1.165, 1.54) is 24.9 Å². The highest BCUT2D eigenvalue weighted by molar-refractivity contribution is 5.78. The summed E-state index contributed by atoms with van der Waals surface area (Å²) in [6.45, 7) is 2.26. The predicted molar refractivity (Wildman–Crippen MR) is 67.6 cm³/mol. The number of para-hydroxylation sites is 1. The third-order valence-corrected chi connectivity index (χ3v) is 2.99. The van der Waals surface area contributed by atoms with E-state index in [2.05, 4.69) is 23.1 Å². The lowest BCUT2D eigenvalue weighted by atomic mass is 10.1. The van der Waals surface area contributed by atoms with Crippen molar-refractivity contribution in [2.24, 2.45) is 0 Å². The number of aldehydes is 1. The molecule has 1 heterocycles. The summed E-state index contributed by atoms with van der Waals surface area (Å²) in [5, 5.41) is 0. The summed E-state index contributed by atoms with van der Waals surface area (Å²) < 4.78 is 0. The molecule has 1 saturated heterocycles. The number of hydrogen-bond donors (Lipinski definition) is 0. The van der Waals surface area contributed by atoms with Gasteiger partial charge in [0.1, 0.15) is 6.29 Å². The summed E-state index contributed by atoms with van der Waals surface area (Å²) >= 11 is 0. The van der Waals surface area contributed by atoms with Crippen LogP contribution in [0.2, 0.25) is 0 Å². The molecule has 16 heavy (non-hydrogen) atoms. The molecule has 0 atom stereocenters. The Morgan fingerprint density at radius 3 is 2.56 bits per heavy atom. The molecule has 0 bridgehead atoms. The first kappa shape index (κ1) is 10.9. The summed E-state index contributed by atoms with van der Waals surface area (Å²) in [7, 11) is 0. The van der Waals surface area contributed by atoms with E-state index < -0.39 is 0 Å². The fourth-order valence-electron chi connectivity index (χ4n) is 2.19. The summed E-state index contributed by atoms with van der Waals surface area (Å²) in [5.74, 6) is 0. The molecule has 2 nitrogen and oxygen atoms in total. The Kier molecular flexibility index (Phi) is 3.76. The van der Waals surface area contributed by atoms with E-state index in [-0.39, 0.29) is 0 Å². The first-order valence-electron chi connectivity index (χ1n) is 5.87. The van der Waals surface area contributed by atoms with Crippen LogP contribution >= 0.6 is 0 Å². The number of benzene rings is 1. The molecule has 0 unspecified atom stereocenters. The number of carbonyl (C=O) groups excluding carboxylic acids is 1. The second-order valence-corrected chi connectivity index (χ2v) is 4.10. The van der Waals surface area contributed by atoms with Gasteiger partial charge in [-0.2, -0.15) is 0 Å². The maximum Gasteiger partial charge on any atom is 0.142 e. The molecular weight excluding hydrogens is 198 g/mol. The van der Waals surface area contributed by atoms with Gasteiger partial charge < -0.3 is 4.90 Å². The van der Waals surface area contributed by atoms with Gasteiger partial charge >= 0.3 is 0 Å². The average molecular weight is 215 g/mol. The second kappa shape index (κ2) is 5.50. The normalized spacial score (nSPS) is 16.6. The smallest absolute Gasteiger partial charge is 0.142 e. The van der Waals surface area contributed by atoms with Crippen LogP contribution in [-0.2, 0) is 4.79 Å². The fourth-order valence-corrected chi connectivity index (χ4v) is 2.19. The zero-order chi connectivity index (χ0) is 11.2. The highest BCUT2D eigenvalue weighted by Crippen LogP contribution is 2.24. The van der Waals surface area contributed by atoms with Crippen LogP contribution in [0.15, 0.2) is 30.3 Å². The van der Waals surface area contributed by atoms with E-state index in [0.717, 1.165) is 24.9 Å². The van der Waals surface area contributed by atoms with Gasteiger partial charge in [-0.05, 0) is 43.0 Å². The van der Waals surface area contributed by atoms with Crippen LogP contribution in [0.4, 0.5) is 5.69 Å². The van der Waals surface area contributed by atoms with E-state index >= 15 is 0 Å². The maximum atomic E-state index is 10.4. The molecule has 2 rings (SSSR count). The molecule has 0 spiro atoms. The molecule has 1 aliphatic heterocycles. The van der Waals surface area contributed by atoms with Crippen LogP contribution in [0.3, 0.4) is 0 Å². The summed E-state index contributed by atoms with van der Waals surface area (Å²) in [6, 6.07) is 8.26. The van der Waals surface area contributed by atoms with Gasteiger partial charge in [0.05, 0.1) is 0 Å². The molecule has 0 radical (unpaired) electrons. The molecular formula is C14H17NO. The van der Waals surface area contributed by atoms with Crippen molar-refractivity contribution >= 4 is 18.0 Å². The van der Waals surface area contributed by atoms with Crippen molar-refractivity contribution in [3.8, 4) is 0 Å². The van der Waals surface area contributed by atoms with Crippen molar-refractivity contribution in [3.63, 3.8) is 0 Å². The molecule has 84 valence electrons. The van der Waals surface area contributed by atoms with Gasteiger partial charge in [-0.15, -0.1) is 0 Å². The highest BCUT2D eigenvalue weighted by atomic mass is 16.1. The molecule has 1 aromatic rings. The van der Waals surface area contributed by atoms with Crippen LogP contribution in [0.25, 0.3) is 6.08 Å². The van der Waals surface area contributed by atoms with Crippen LogP contribution < -0.4 is 4.90 Å². The van der Waals surface area contributed by atoms with Gasteiger partial charge in [-0.3, -0.25) is 4.79 Å². The number of hydrogen-bond acceptors (Lipinski definition) is 2. The number of carbonyl (C=O) groups is 1. The minimum Gasteiger partial charge on any atom is -0.371 e. The van der Waals surface area contributed by atoms with Crippen molar-refractivity contribution in [1.82, 2.24) is 0 Å². The highest BCUT2D eigenvalue weighted by Gasteiger charge is 2.12. The molecule has 0 N–H and O–H groups in total. The molecule has 2 heteroatoms. The van der Waals surface area contributed by atoms with Crippen molar-refractivity contribution in [2.75, 3.05) is 18.0 Å². The largest absolute Gasteiger partial charge is 0.371 e. The molecule has 1 aromatic carbocycles. The van der Waals surface area contributed by atoms with Gasteiger partial charge in [0.15, 0.2) is 0 Å². The Morgan fingerprint density at radius 2 is 1.81 bits per heavy atom. The lowest BCUT2D eigenvalue weighted by Crippen LogP contribution is -2.29. The Balaban J connectivity index is 2.24. The van der Waals surface area contributed by atoms with Gasteiger partial charge in [0.25, 0.3) is 0 Å². The SMILES string of the molecule is O=CC=Cc1ccccc1N1CCCCC1. The van der Waals surface area contributed by atoms with Crippen molar-refractivity contribution in [2.45, 2.75) is 19.3 Å². The van der Waals surface area contributed by atoms with E-state index in [1.807, 2.05) is 12.1 Å². The molecule has 1 fully saturated rings. The molecule has 0 amide bonds. The van der Waals surface area contributed by atoms with E-state index in [1.54, 1.807) is 6.08 Å². The first-order valence-corrected chi connectivity index (χ1v) is 5.87. The quantitative estimate of drug-likeness (QED) is 0.571. The maximum absolute atomic E-state index is 10.4. The zero-order valence-electron chi connectivity index (χ0n) is 9.43. The van der Waals surface area contributed by atoms with Crippen molar-refractivity contribution in [3.05, 3.63) is 35.9 Å². The van der Waals surface area contributed by atoms with Gasteiger partial charge in [-0.1, -0.05) is 18.2 Å². The van der Waals surface area contributed by atoms with Gasteiger partial charge in [0.2, 0.25) is 0 Å². The van der Waals surface area contributed by atoms with Crippen molar-refractivity contribution in [1.29, 1.82) is 0 Å². The lowest BCUT2D eigenvalue weighted by molar-refractivity contribution is -0.104. The Hall–Kier alpha value is -1.57. The topological polar surface area (TPSA) is 20.3 Å². The Bertz CT molecular complexity index is 378. The summed E-state index contributed by atoms with van der Waals surface area (Å²) in [6.07, 6.45) is 8.15. The minimum atomic E-state index is 0.826. The third-order valence-electron chi connectivity index (χ3n) is 2.99. The second-order valence-electron chi connectivity index (χ2n) is 4.10. The van der Waals surface area contributed by atoms with Crippen molar-refractivity contribution < 1.29 is 4.79 Å². The summed E-state index contributed by atoms with van der Waals surface area (Å²) in [5.41, 5.74) is 2.39. The standard InChI is InChI=1S/C14H17NO/c16-12-6-8-13-7-2-3-9-14(13)15-10-4-1-5-11-15/h2-3,6-9,12H,1,4-5,10-11H2. The molecule has 0 aromatic heterocycles. The van der Waals surface area contributed by atoms with Gasteiger partial charge in [-0.25, -0.2) is 0 Å². The lowest BCUT2D eigenvalue weighted by Gasteiger charge is -2.30. The number of piperidine rings is 1. The predicted octanol–water partition coefficient (Wildman–Crippen LogP) is 2.89. The number of allylic oxidation sites excluding steroid dienone is 1. The number of nitrogens with zero attached hydrogens (tertiary/aromatic N) is 1. The fraction of sp³-hybridized carbons (Fsp3) is 0.357. The molecule has 0 aliphatic carbocycles. The number of rotatable bonds is 3. The molecule has 1 aliphatic rings. The van der Waals surface area contributed by atoms with Crippen LogP contribution in [0.5, 0.6) is 0 Å². The number of anilines is 1. The first-order chi connectivity index (χ1) is 7.92. The van der Waals surface area contributed by atoms with Crippen LogP contribution in [0.1, 0.15) is 24.8 Å². The third kappa shape index (κ3) is 2.51. The zero-order valence-corrected chi connectivity index (χ0v) is 9.43.